The Morgan fingerprint density at radius 1 is 1.43 bits per heavy atom. The van der Waals surface area contributed by atoms with Crippen LogP contribution in [0.2, 0.25) is 0 Å². The molecule has 1 aliphatic heterocycles. The van der Waals surface area contributed by atoms with E-state index in [1.807, 2.05) is 18.2 Å². The third-order valence-electron chi connectivity index (χ3n) is 3.81. The summed E-state index contributed by atoms with van der Waals surface area (Å²) in [5.41, 5.74) is 2.96. The van der Waals surface area contributed by atoms with Crippen LogP contribution >= 0.6 is 0 Å². The Hall–Kier alpha value is -2.13. The average molecular weight is 375 g/mol. The molecule has 0 amide bonds. The molecule has 0 spiro atoms. The van der Waals surface area contributed by atoms with Gasteiger partial charge in [0, 0.05) is 0 Å². The molecule has 2 aromatic rings. The number of hydrogen-bond donors (Lipinski definition) is 2. The van der Waals surface area contributed by atoms with E-state index < -0.39 is 5.97 Å². The number of nitriles is 1. The molecule has 2 heterocycles. The molecular formula is C16H16N4O2Se. The summed E-state index contributed by atoms with van der Waals surface area (Å²) in [4.78, 5) is 17.8. The number of anilines is 1. The number of nitrogens with one attached hydrogen (secondary N) is 1. The predicted molar refractivity (Wildman–Crippen MR) is 88.1 cm³/mol. The van der Waals surface area contributed by atoms with Crippen molar-refractivity contribution in [2.75, 3.05) is 31.1 Å². The van der Waals surface area contributed by atoms with Crippen molar-refractivity contribution in [1.82, 2.24) is 10.3 Å². The normalized spacial score (nSPS) is 14.5. The zero-order valence-electron chi connectivity index (χ0n) is 12.7. The number of piperazine rings is 1. The van der Waals surface area contributed by atoms with E-state index in [1.165, 1.54) is 0 Å². The van der Waals surface area contributed by atoms with Gasteiger partial charge in [-0.2, -0.15) is 0 Å². The van der Waals surface area contributed by atoms with E-state index in [4.69, 9.17) is 0 Å². The van der Waals surface area contributed by atoms with Gasteiger partial charge in [-0.15, -0.1) is 0 Å². The summed E-state index contributed by atoms with van der Waals surface area (Å²) in [5, 5.41) is 22.0. The molecule has 2 N–H and O–H groups in total. The quantitative estimate of drug-likeness (QED) is 0.781. The fourth-order valence-corrected chi connectivity index (χ4v) is 4.55. The number of hydrogen-bond acceptors (Lipinski definition) is 5. The van der Waals surface area contributed by atoms with E-state index in [-0.39, 0.29) is 14.5 Å². The van der Waals surface area contributed by atoms with Gasteiger partial charge in [0.1, 0.15) is 0 Å². The molecule has 1 fully saturated rings. The van der Waals surface area contributed by atoms with Gasteiger partial charge >= 0.3 is 140 Å². The monoisotopic (exact) mass is 376 g/mol. The van der Waals surface area contributed by atoms with Gasteiger partial charge in [-0.25, -0.2) is 0 Å². The number of aromatic carboxylic acids is 1. The second kappa shape index (κ2) is 6.55. The maximum absolute atomic E-state index is 11.2. The first kappa shape index (κ1) is 15.8. The fourth-order valence-electron chi connectivity index (χ4n) is 2.66. The number of benzene rings is 1. The van der Waals surface area contributed by atoms with E-state index in [0.717, 1.165) is 42.0 Å². The van der Waals surface area contributed by atoms with Crippen molar-refractivity contribution in [2.45, 2.75) is 6.92 Å². The van der Waals surface area contributed by atoms with Crippen molar-refractivity contribution in [3.05, 3.63) is 33.9 Å². The summed E-state index contributed by atoms with van der Waals surface area (Å²) in [7, 11) is 0. The third-order valence-corrected chi connectivity index (χ3v) is 6.32. The van der Waals surface area contributed by atoms with Gasteiger partial charge < -0.3 is 0 Å². The van der Waals surface area contributed by atoms with E-state index in [9.17, 15) is 15.2 Å². The zero-order chi connectivity index (χ0) is 16.4. The number of nitrogens with zero attached hydrogens (tertiary/aromatic N) is 3. The van der Waals surface area contributed by atoms with E-state index in [0.29, 0.717) is 15.7 Å². The fraction of sp³-hybridized carbons (Fsp3) is 0.312. The maximum atomic E-state index is 11.2. The summed E-state index contributed by atoms with van der Waals surface area (Å²) in [6.45, 7) is 5.30. The zero-order valence-corrected chi connectivity index (χ0v) is 14.4. The average Bonchev–Trinajstić information content (AvgIpc) is 2.97. The molecular weight excluding hydrogens is 359 g/mol. The number of carbonyl (C=O) groups is 1. The molecule has 1 aliphatic rings. The molecule has 1 saturated heterocycles. The van der Waals surface area contributed by atoms with Crippen LogP contribution in [0.4, 0.5) is 5.69 Å². The number of aromatic nitrogens is 1. The number of aryl methyl sites for hydroxylation is 1. The molecule has 3 rings (SSSR count). The van der Waals surface area contributed by atoms with Crippen LogP contribution in [-0.4, -0.2) is 56.7 Å². The minimum atomic E-state index is -0.904. The molecule has 0 saturated carbocycles. The number of carboxylic acids is 1. The van der Waals surface area contributed by atoms with Gasteiger partial charge in [-0.05, 0) is 0 Å². The first-order valence-corrected chi connectivity index (χ1v) is 9.02. The first-order valence-electron chi connectivity index (χ1n) is 7.31. The topological polar surface area (TPSA) is 89.3 Å². The summed E-state index contributed by atoms with van der Waals surface area (Å²) >= 11 is -0.320. The predicted octanol–water partition coefficient (Wildman–Crippen LogP) is 1.09. The molecule has 1 aromatic heterocycles. The van der Waals surface area contributed by atoms with E-state index in [2.05, 4.69) is 21.3 Å². The summed E-state index contributed by atoms with van der Waals surface area (Å²) in [6, 6.07) is 7.98. The molecule has 0 aliphatic carbocycles. The Morgan fingerprint density at radius 2 is 2.17 bits per heavy atom. The molecule has 0 radical (unpaired) electrons. The van der Waals surface area contributed by atoms with E-state index >= 15 is 0 Å². The van der Waals surface area contributed by atoms with Crippen LogP contribution in [0.15, 0.2) is 18.2 Å². The Bertz CT molecular complexity index is 788. The Balaban J connectivity index is 1.97. The van der Waals surface area contributed by atoms with Crippen molar-refractivity contribution in [2.24, 2.45) is 0 Å². The molecule has 1 aromatic carbocycles. The summed E-state index contributed by atoms with van der Waals surface area (Å²) in [6.07, 6.45) is 0. The second-order valence-electron chi connectivity index (χ2n) is 5.32. The van der Waals surface area contributed by atoms with Crippen LogP contribution in [0.3, 0.4) is 0 Å². The van der Waals surface area contributed by atoms with Crippen molar-refractivity contribution < 1.29 is 9.90 Å². The van der Waals surface area contributed by atoms with Crippen molar-refractivity contribution in [1.29, 1.82) is 5.26 Å². The Labute approximate surface area is 140 Å². The first-order chi connectivity index (χ1) is 11.1. The Kier molecular flexibility index (Phi) is 4.49. The van der Waals surface area contributed by atoms with Gasteiger partial charge in [0.25, 0.3) is 0 Å². The van der Waals surface area contributed by atoms with Crippen LogP contribution in [0.25, 0.3) is 10.1 Å². The summed E-state index contributed by atoms with van der Waals surface area (Å²) in [5.74, 6) is -0.904. The molecule has 6 nitrogen and oxygen atoms in total. The van der Waals surface area contributed by atoms with Gasteiger partial charge in [-0.3, -0.25) is 0 Å². The van der Waals surface area contributed by atoms with Crippen LogP contribution in [0, 0.1) is 18.3 Å². The second-order valence-corrected chi connectivity index (χ2v) is 7.42. The van der Waals surface area contributed by atoms with Gasteiger partial charge in [0.2, 0.25) is 0 Å². The number of carboxylic acid groups (broad SMARTS) is 1. The van der Waals surface area contributed by atoms with Gasteiger partial charge in [0.15, 0.2) is 0 Å². The molecule has 23 heavy (non-hydrogen) atoms. The third kappa shape index (κ3) is 3.15. The van der Waals surface area contributed by atoms with Crippen LogP contribution in [0.5, 0.6) is 0 Å². The Morgan fingerprint density at radius 3 is 2.78 bits per heavy atom. The summed E-state index contributed by atoms with van der Waals surface area (Å²) < 4.78 is 1.16. The van der Waals surface area contributed by atoms with E-state index in [1.54, 1.807) is 6.92 Å². The van der Waals surface area contributed by atoms with Crippen LogP contribution in [-0.2, 0) is 0 Å². The van der Waals surface area contributed by atoms with Crippen LogP contribution < -0.4 is 10.2 Å². The van der Waals surface area contributed by atoms with Crippen molar-refractivity contribution in [3.8, 4) is 16.2 Å². The molecule has 0 atom stereocenters. The molecule has 0 bridgehead atoms. The SMILES string of the molecule is Cc1nc(-c2ccc(N3CCNCC3)c(C#N)c2)[se]c1C(=O)O. The molecule has 118 valence electrons. The van der Waals surface area contributed by atoms with Crippen molar-refractivity contribution in [3.63, 3.8) is 0 Å². The molecule has 7 heteroatoms. The van der Waals surface area contributed by atoms with Gasteiger partial charge in [0.05, 0.1) is 0 Å². The van der Waals surface area contributed by atoms with Crippen molar-refractivity contribution >= 4 is 26.2 Å². The van der Waals surface area contributed by atoms with Crippen LogP contribution in [0.1, 0.15) is 20.5 Å². The number of rotatable bonds is 3. The molecule has 0 unspecified atom stereocenters. The minimum absolute atomic E-state index is 0.320. The van der Waals surface area contributed by atoms with Gasteiger partial charge in [-0.1, -0.05) is 0 Å². The standard InChI is InChI=1S/C16H16N4O2Se/c1-10-14(16(21)22)23-15(19-10)11-2-3-13(12(8-11)9-17)20-6-4-18-5-7-20/h2-3,8,18H,4-7H2,1H3,(H,21,22).